The maximum Gasteiger partial charge on any atom is 0.0864 e. The summed E-state index contributed by atoms with van der Waals surface area (Å²) in [5.74, 6) is 2.45. The van der Waals surface area contributed by atoms with E-state index in [1.165, 1.54) is 29.0 Å². The van der Waals surface area contributed by atoms with Crippen molar-refractivity contribution < 1.29 is 4.74 Å². The summed E-state index contributed by atoms with van der Waals surface area (Å²) in [6, 6.07) is 8.34. The quantitative estimate of drug-likeness (QED) is 0.837. The second kappa shape index (κ2) is 7.20. The lowest BCUT2D eigenvalue weighted by atomic mass is 9.95. The van der Waals surface area contributed by atoms with Crippen LogP contribution in [0.4, 0.5) is 5.69 Å². The summed E-state index contributed by atoms with van der Waals surface area (Å²) in [5.41, 5.74) is 2.44. The van der Waals surface area contributed by atoms with Crippen LogP contribution in [0.15, 0.2) is 34.9 Å². The molecule has 1 N–H and O–H groups in total. The number of hydrogen-bond donors (Lipinski definition) is 1. The Balaban J connectivity index is 1.58. The molecule has 6 heteroatoms. The highest BCUT2D eigenvalue weighted by molar-refractivity contribution is 9.10. The number of halogens is 1. The Morgan fingerprint density at radius 3 is 2.96 bits per heavy atom. The first-order chi connectivity index (χ1) is 11.8. The summed E-state index contributed by atoms with van der Waals surface area (Å²) < 4.78 is 6.60. The number of aromatic nitrogens is 1. The number of fused-ring (bicyclic) bond motifs is 1. The third-order valence-electron chi connectivity index (χ3n) is 5.09. The van der Waals surface area contributed by atoms with E-state index in [2.05, 4.69) is 61.1 Å². The zero-order valence-electron chi connectivity index (χ0n) is 13.6. The molecule has 2 fully saturated rings. The van der Waals surface area contributed by atoms with Crippen LogP contribution in [0, 0.1) is 0 Å². The number of thioether (sulfide) groups is 1. The Labute approximate surface area is 155 Å². The summed E-state index contributed by atoms with van der Waals surface area (Å²) in [5, 5.41) is 4.91. The molecule has 24 heavy (non-hydrogen) atoms. The minimum atomic E-state index is 0.246. The summed E-state index contributed by atoms with van der Waals surface area (Å²) in [6.07, 6.45) is 3.14. The molecule has 0 spiro atoms. The Kier molecular flexibility index (Phi) is 4.99. The van der Waals surface area contributed by atoms with Gasteiger partial charge >= 0.3 is 0 Å². The van der Waals surface area contributed by atoms with Crippen molar-refractivity contribution in [2.24, 2.45) is 0 Å². The van der Waals surface area contributed by atoms with E-state index in [9.17, 15) is 0 Å². The van der Waals surface area contributed by atoms with Gasteiger partial charge in [0.2, 0.25) is 0 Å². The van der Waals surface area contributed by atoms with Gasteiger partial charge in [0, 0.05) is 52.7 Å². The molecule has 0 aliphatic carbocycles. The van der Waals surface area contributed by atoms with E-state index in [0.717, 1.165) is 42.8 Å². The highest BCUT2D eigenvalue weighted by atomic mass is 79.9. The van der Waals surface area contributed by atoms with E-state index >= 15 is 0 Å². The van der Waals surface area contributed by atoms with Crippen LogP contribution in [-0.2, 0) is 4.74 Å². The van der Waals surface area contributed by atoms with Gasteiger partial charge in [0.1, 0.15) is 0 Å². The monoisotopic (exact) mass is 407 g/mol. The van der Waals surface area contributed by atoms with E-state index < -0.39 is 0 Å². The zero-order chi connectivity index (χ0) is 16.4. The maximum absolute atomic E-state index is 5.56. The number of para-hydroxylation sites is 1. The summed E-state index contributed by atoms with van der Waals surface area (Å²) >= 11 is 5.68. The summed E-state index contributed by atoms with van der Waals surface area (Å²) in [7, 11) is 0. The number of morpholine rings is 1. The average molecular weight is 408 g/mol. The highest BCUT2D eigenvalue weighted by Crippen LogP contribution is 2.35. The van der Waals surface area contributed by atoms with Crippen LogP contribution in [-0.4, -0.2) is 59.8 Å². The van der Waals surface area contributed by atoms with Gasteiger partial charge in [-0.05, 0) is 40.2 Å². The first-order valence-electron chi connectivity index (χ1n) is 8.46. The summed E-state index contributed by atoms with van der Waals surface area (Å²) in [4.78, 5) is 7.15. The number of nitrogens with one attached hydrogen (secondary N) is 1. The molecule has 128 valence electrons. The lowest BCUT2D eigenvalue weighted by Crippen LogP contribution is -2.57. The minimum Gasteiger partial charge on any atom is -0.383 e. The Morgan fingerprint density at radius 1 is 1.29 bits per heavy atom. The highest BCUT2D eigenvalue weighted by Gasteiger charge is 2.40. The van der Waals surface area contributed by atoms with Crippen LogP contribution in [0.5, 0.6) is 0 Å². The van der Waals surface area contributed by atoms with E-state index in [1.54, 1.807) is 0 Å². The van der Waals surface area contributed by atoms with Gasteiger partial charge in [-0.2, -0.15) is 11.8 Å². The van der Waals surface area contributed by atoms with Crippen LogP contribution in [0.25, 0.3) is 10.9 Å². The van der Waals surface area contributed by atoms with Gasteiger partial charge in [-0.15, -0.1) is 0 Å². The van der Waals surface area contributed by atoms with Gasteiger partial charge in [-0.1, -0.05) is 12.1 Å². The average Bonchev–Trinajstić information content (AvgIpc) is 3.11. The minimum absolute atomic E-state index is 0.246. The van der Waals surface area contributed by atoms with Crippen LogP contribution in [0.3, 0.4) is 0 Å². The third kappa shape index (κ3) is 3.17. The Hall–Kier alpha value is -0.820. The zero-order valence-corrected chi connectivity index (χ0v) is 16.0. The fourth-order valence-electron chi connectivity index (χ4n) is 3.69. The molecule has 0 radical (unpaired) electrons. The predicted octanol–water partition coefficient (Wildman–Crippen LogP) is 3.62. The molecule has 2 aliphatic heterocycles. The van der Waals surface area contributed by atoms with E-state index in [0.29, 0.717) is 0 Å². The lowest BCUT2D eigenvalue weighted by Gasteiger charge is -2.43. The number of pyridine rings is 1. The van der Waals surface area contributed by atoms with Gasteiger partial charge in [0.05, 0.1) is 18.7 Å². The van der Waals surface area contributed by atoms with Gasteiger partial charge in [0.25, 0.3) is 0 Å². The molecular weight excluding hydrogens is 386 g/mol. The second-order valence-electron chi connectivity index (χ2n) is 6.47. The van der Waals surface area contributed by atoms with Crippen LogP contribution >= 0.6 is 27.7 Å². The van der Waals surface area contributed by atoms with Gasteiger partial charge in [0.15, 0.2) is 0 Å². The molecule has 4 nitrogen and oxygen atoms in total. The van der Waals surface area contributed by atoms with E-state index in [4.69, 9.17) is 4.74 Å². The number of ether oxygens (including phenoxy) is 1. The molecule has 0 amide bonds. The molecule has 2 aromatic rings. The first kappa shape index (κ1) is 16.6. The molecule has 1 atom stereocenters. The molecule has 4 rings (SSSR count). The van der Waals surface area contributed by atoms with Gasteiger partial charge in [-0.3, -0.25) is 9.88 Å². The standard InChI is InChI=1S/C18H22BrN3OS/c19-15-3-1-2-14-16(4-6-20-17(14)15)21-12-18(5-11-24-13-18)22-7-9-23-10-8-22/h1-4,6H,5,7-13H2,(H,20,21). The maximum atomic E-state index is 5.56. The number of anilines is 1. The fourth-order valence-corrected chi connectivity index (χ4v) is 5.63. The van der Waals surface area contributed by atoms with E-state index in [-0.39, 0.29) is 5.54 Å². The van der Waals surface area contributed by atoms with Crippen molar-refractivity contribution in [1.29, 1.82) is 0 Å². The number of nitrogens with zero attached hydrogens (tertiary/aromatic N) is 2. The molecule has 1 unspecified atom stereocenters. The van der Waals surface area contributed by atoms with Gasteiger partial charge in [-0.25, -0.2) is 0 Å². The van der Waals surface area contributed by atoms with Crippen molar-refractivity contribution in [3.8, 4) is 0 Å². The smallest absolute Gasteiger partial charge is 0.0864 e. The lowest BCUT2D eigenvalue weighted by molar-refractivity contribution is -0.00919. The number of hydrogen-bond acceptors (Lipinski definition) is 5. The Bertz CT molecular complexity index is 714. The largest absolute Gasteiger partial charge is 0.383 e. The van der Waals surface area contributed by atoms with Crippen molar-refractivity contribution in [2.75, 3.05) is 49.7 Å². The number of benzene rings is 1. The fraction of sp³-hybridized carbons (Fsp3) is 0.500. The topological polar surface area (TPSA) is 37.4 Å². The van der Waals surface area contributed by atoms with Gasteiger partial charge < -0.3 is 10.1 Å². The van der Waals surface area contributed by atoms with Crippen molar-refractivity contribution in [2.45, 2.75) is 12.0 Å². The Morgan fingerprint density at radius 2 is 2.17 bits per heavy atom. The first-order valence-corrected chi connectivity index (χ1v) is 10.4. The number of rotatable bonds is 4. The molecule has 0 saturated carbocycles. The van der Waals surface area contributed by atoms with Crippen molar-refractivity contribution >= 4 is 44.3 Å². The predicted molar refractivity (Wildman–Crippen MR) is 105 cm³/mol. The molecular formula is C18H22BrN3OS. The molecule has 2 aliphatic rings. The molecule has 3 heterocycles. The third-order valence-corrected chi connectivity index (χ3v) is 6.97. The second-order valence-corrected chi connectivity index (χ2v) is 8.43. The molecule has 1 aromatic heterocycles. The normalized spacial score (nSPS) is 25.2. The van der Waals surface area contributed by atoms with Crippen LogP contribution in [0.1, 0.15) is 6.42 Å². The molecule has 2 saturated heterocycles. The molecule has 1 aromatic carbocycles. The van der Waals surface area contributed by atoms with Crippen molar-refractivity contribution in [3.05, 3.63) is 34.9 Å². The van der Waals surface area contributed by atoms with Crippen molar-refractivity contribution in [1.82, 2.24) is 9.88 Å². The van der Waals surface area contributed by atoms with Crippen LogP contribution < -0.4 is 5.32 Å². The molecule has 0 bridgehead atoms. The van der Waals surface area contributed by atoms with Crippen molar-refractivity contribution in [3.63, 3.8) is 0 Å². The van der Waals surface area contributed by atoms with Crippen LogP contribution in [0.2, 0.25) is 0 Å². The summed E-state index contributed by atoms with van der Waals surface area (Å²) in [6.45, 7) is 4.79. The SMILES string of the molecule is Brc1cccc2c(NCC3(N4CCOCC4)CCSC3)ccnc12. The van der Waals surface area contributed by atoms with E-state index in [1.807, 2.05) is 12.3 Å².